The fourth-order valence-corrected chi connectivity index (χ4v) is 2.55. The van der Waals surface area contributed by atoms with Crippen molar-refractivity contribution in [1.29, 1.82) is 0 Å². The van der Waals surface area contributed by atoms with Crippen molar-refractivity contribution < 1.29 is 0 Å². The van der Waals surface area contributed by atoms with Crippen molar-refractivity contribution in [3.63, 3.8) is 0 Å². The Bertz CT molecular complexity index is 546. The summed E-state index contributed by atoms with van der Waals surface area (Å²) in [6.45, 7) is 6.08. The van der Waals surface area contributed by atoms with Crippen LogP contribution in [0.15, 0.2) is 18.6 Å². The Morgan fingerprint density at radius 3 is 2.65 bits per heavy atom. The van der Waals surface area contributed by atoms with Gasteiger partial charge in [-0.3, -0.25) is 9.36 Å². The molecule has 0 radical (unpaired) electrons. The van der Waals surface area contributed by atoms with Gasteiger partial charge >= 0.3 is 0 Å². The minimum Gasteiger partial charge on any atom is -0.305 e. The van der Waals surface area contributed by atoms with Crippen molar-refractivity contribution in [3.8, 4) is 0 Å². The molecule has 110 valence electrons. The fraction of sp³-hybridized carbons (Fsp3) is 0.571. The van der Waals surface area contributed by atoms with Crippen LogP contribution in [0.4, 0.5) is 0 Å². The largest absolute Gasteiger partial charge is 0.305 e. The SMILES string of the molecule is CCCNC(c1cnn(C)c1)c1c(Cl)cnn1CCC. The second-order valence-corrected chi connectivity index (χ2v) is 5.34. The third kappa shape index (κ3) is 3.22. The molecule has 1 unspecified atom stereocenters. The van der Waals surface area contributed by atoms with E-state index in [2.05, 4.69) is 29.4 Å². The second-order valence-electron chi connectivity index (χ2n) is 4.94. The van der Waals surface area contributed by atoms with Gasteiger partial charge < -0.3 is 5.32 Å². The first kappa shape index (κ1) is 15.1. The molecule has 0 fully saturated rings. The van der Waals surface area contributed by atoms with Crippen LogP contribution in [-0.4, -0.2) is 26.1 Å². The Labute approximate surface area is 124 Å². The zero-order chi connectivity index (χ0) is 14.5. The van der Waals surface area contributed by atoms with E-state index in [1.807, 2.05) is 28.8 Å². The topological polar surface area (TPSA) is 47.7 Å². The molecule has 2 rings (SSSR count). The molecule has 0 spiro atoms. The first-order valence-corrected chi connectivity index (χ1v) is 7.48. The van der Waals surface area contributed by atoms with E-state index in [4.69, 9.17) is 11.6 Å². The van der Waals surface area contributed by atoms with Crippen LogP contribution < -0.4 is 5.32 Å². The van der Waals surface area contributed by atoms with Crippen LogP contribution >= 0.6 is 11.6 Å². The van der Waals surface area contributed by atoms with E-state index in [0.29, 0.717) is 5.02 Å². The lowest BCUT2D eigenvalue weighted by Crippen LogP contribution is -2.26. The Morgan fingerprint density at radius 2 is 2.05 bits per heavy atom. The summed E-state index contributed by atoms with van der Waals surface area (Å²) in [7, 11) is 1.92. The Balaban J connectivity index is 2.37. The predicted molar refractivity (Wildman–Crippen MR) is 80.9 cm³/mol. The molecule has 0 bridgehead atoms. The van der Waals surface area contributed by atoms with E-state index in [9.17, 15) is 0 Å². The summed E-state index contributed by atoms with van der Waals surface area (Å²) >= 11 is 6.36. The normalized spacial score (nSPS) is 12.8. The van der Waals surface area contributed by atoms with Crippen molar-refractivity contribution in [3.05, 3.63) is 34.9 Å². The number of aromatic nitrogens is 4. The molecule has 2 aromatic heterocycles. The third-order valence-corrected chi connectivity index (χ3v) is 3.49. The molecule has 0 aliphatic rings. The molecule has 0 saturated heterocycles. The van der Waals surface area contributed by atoms with Gasteiger partial charge in [-0.2, -0.15) is 10.2 Å². The number of halogens is 1. The van der Waals surface area contributed by atoms with Crippen LogP contribution in [0.1, 0.15) is 44.0 Å². The first-order chi connectivity index (χ1) is 9.67. The number of nitrogens with one attached hydrogen (secondary N) is 1. The Hall–Kier alpha value is -1.33. The highest BCUT2D eigenvalue weighted by molar-refractivity contribution is 6.31. The Kier molecular flexibility index (Phi) is 5.20. The maximum Gasteiger partial charge on any atom is 0.0837 e. The fourth-order valence-electron chi connectivity index (χ4n) is 2.30. The van der Waals surface area contributed by atoms with Crippen LogP contribution in [0.5, 0.6) is 0 Å². The Morgan fingerprint density at radius 1 is 1.25 bits per heavy atom. The highest BCUT2D eigenvalue weighted by Crippen LogP contribution is 2.28. The van der Waals surface area contributed by atoms with Crippen molar-refractivity contribution >= 4 is 11.6 Å². The summed E-state index contributed by atoms with van der Waals surface area (Å²) in [5.41, 5.74) is 2.13. The minimum atomic E-state index is 0.0326. The van der Waals surface area contributed by atoms with Gasteiger partial charge in [0.2, 0.25) is 0 Å². The predicted octanol–water partition coefficient (Wildman–Crippen LogP) is 2.77. The quantitative estimate of drug-likeness (QED) is 0.854. The van der Waals surface area contributed by atoms with Gasteiger partial charge in [0, 0.05) is 25.4 Å². The maximum absolute atomic E-state index is 6.36. The van der Waals surface area contributed by atoms with Gasteiger partial charge in [0.1, 0.15) is 0 Å². The van der Waals surface area contributed by atoms with Gasteiger partial charge in [-0.1, -0.05) is 25.4 Å². The lowest BCUT2D eigenvalue weighted by Gasteiger charge is -2.19. The van der Waals surface area contributed by atoms with Gasteiger partial charge in [0.25, 0.3) is 0 Å². The molecule has 1 atom stereocenters. The van der Waals surface area contributed by atoms with Crippen molar-refractivity contribution in [2.24, 2.45) is 7.05 Å². The summed E-state index contributed by atoms with van der Waals surface area (Å²) in [5.74, 6) is 0. The molecule has 1 N–H and O–H groups in total. The number of aryl methyl sites for hydroxylation is 2. The van der Waals surface area contributed by atoms with Gasteiger partial charge in [0.05, 0.1) is 29.2 Å². The number of nitrogens with zero attached hydrogens (tertiary/aromatic N) is 4. The summed E-state index contributed by atoms with van der Waals surface area (Å²) in [6, 6.07) is 0.0326. The molecular formula is C14H22ClN5. The van der Waals surface area contributed by atoms with E-state index >= 15 is 0 Å². The van der Waals surface area contributed by atoms with Gasteiger partial charge in [-0.15, -0.1) is 0 Å². The smallest absolute Gasteiger partial charge is 0.0837 e. The summed E-state index contributed by atoms with van der Waals surface area (Å²) < 4.78 is 3.80. The number of rotatable bonds is 7. The lowest BCUT2D eigenvalue weighted by atomic mass is 10.1. The van der Waals surface area contributed by atoms with E-state index in [1.165, 1.54) is 0 Å². The average molecular weight is 296 g/mol. The molecule has 6 heteroatoms. The maximum atomic E-state index is 6.36. The van der Waals surface area contributed by atoms with Crippen LogP contribution in [0.2, 0.25) is 5.02 Å². The molecule has 0 aliphatic carbocycles. The molecule has 2 heterocycles. The van der Waals surface area contributed by atoms with E-state index in [-0.39, 0.29) is 6.04 Å². The minimum absolute atomic E-state index is 0.0326. The summed E-state index contributed by atoms with van der Waals surface area (Å²) in [6.07, 6.45) is 7.72. The average Bonchev–Trinajstić information content (AvgIpc) is 3.00. The first-order valence-electron chi connectivity index (χ1n) is 7.10. The molecule has 0 aliphatic heterocycles. The molecule has 0 aromatic carbocycles. The van der Waals surface area contributed by atoms with Gasteiger partial charge in [-0.05, 0) is 19.4 Å². The molecule has 0 saturated carbocycles. The molecule has 0 amide bonds. The summed E-state index contributed by atoms with van der Waals surface area (Å²) in [4.78, 5) is 0. The zero-order valence-corrected chi connectivity index (χ0v) is 13.1. The van der Waals surface area contributed by atoms with E-state index in [1.54, 1.807) is 6.20 Å². The second kappa shape index (κ2) is 6.90. The molecular weight excluding hydrogens is 274 g/mol. The highest BCUT2D eigenvalue weighted by Gasteiger charge is 2.22. The molecule has 20 heavy (non-hydrogen) atoms. The van der Waals surface area contributed by atoms with Crippen LogP contribution in [0.25, 0.3) is 0 Å². The van der Waals surface area contributed by atoms with E-state index < -0.39 is 0 Å². The molecule has 2 aromatic rings. The van der Waals surface area contributed by atoms with E-state index in [0.717, 1.165) is 37.2 Å². The standard InChI is InChI=1S/C14H22ClN5/c1-4-6-16-13(11-8-17-19(3)10-11)14-12(15)9-18-20(14)7-5-2/h8-10,13,16H,4-7H2,1-3H3. The number of hydrogen-bond acceptors (Lipinski definition) is 3. The van der Waals surface area contributed by atoms with Crippen molar-refractivity contribution in [1.82, 2.24) is 24.9 Å². The zero-order valence-electron chi connectivity index (χ0n) is 12.3. The highest BCUT2D eigenvalue weighted by atomic mass is 35.5. The van der Waals surface area contributed by atoms with Gasteiger partial charge in [-0.25, -0.2) is 0 Å². The third-order valence-electron chi connectivity index (χ3n) is 3.20. The monoisotopic (exact) mass is 295 g/mol. The van der Waals surface area contributed by atoms with Crippen molar-refractivity contribution in [2.45, 2.75) is 39.3 Å². The molecule has 5 nitrogen and oxygen atoms in total. The van der Waals surface area contributed by atoms with Gasteiger partial charge in [0.15, 0.2) is 0 Å². The number of hydrogen-bond donors (Lipinski definition) is 1. The van der Waals surface area contributed by atoms with Crippen LogP contribution in [-0.2, 0) is 13.6 Å². The van der Waals surface area contributed by atoms with Crippen LogP contribution in [0.3, 0.4) is 0 Å². The summed E-state index contributed by atoms with van der Waals surface area (Å²) in [5, 5.41) is 12.9. The lowest BCUT2D eigenvalue weighted by molar-refractivity contribution is 0.511. The van der Waals surface area contributed by atoms with Crippen molar-refractivity contribution in [2.75, 3.05) is 6.54 Å². The van der Waals surface area contributed by atoms with Crippen LogP contribution in [0, 0.1) is 0 Å².